The summed E-state index contributed by atoms with van der Waals surface area (Å²) in [5.74, 6) is 0.325. The number of aromatic nitrogens is 3. The highest BCUT2D eigenvalue weighted by Crippen LogP contribution is 2.32. The molecule has 192 valence electrons. The fourth-order valence-corrected chi connectivity index (χ4v) is 5.18. The standard InChI is InChI=1S/C21H26F3N5O5S/c1-35(31,32)18-10-16(34-21(22,23)24)2-3-17(18)33-12-14-4-7-28(8-5-14)20(30)29-9-6-15(11-29)19-25-13-26-27-19/h2-3,10,13-15H,4-9,11-12H2,1H3,(H,25,26,27)/t15-/m0/s1. The number of halogens is 3. The molecule has 4 rings (SSSR count). The number of aromatic amines is 1. The molecule has 2 amide bonds. The molecule has 0 radical (unpaired) electrons. The van der Waals surface area contributed by atoms with Crippen molar-refractivity contribution in [2.24, 2.45) is 5.92 Å². The average molecular weight is 518 g/mol. The topological polar surface area (TPSA) is 118 Å². The zero-order valence-corrected chi connectivity index (χ0v) is 19.8. The van der Waals surface area contributed by atoms with Crippen molar-refractivity contribution in [2.45, 2.75) is 36.4 Å². The molecule has 2 aliphatic rings. The van der Waals surface area contributed by atoms with Gasteiger partial charge < -0.3 is 19.3 Å². The van der Waals surface area contributed by atoms with E-state index in [1.165, 1.54) is 6.33 Å². The monoisotopic (exact) mass is 517 g/mol. The maximum atomic E-state index is 12.9. The highest BCUT2D eigenvalue weighted by Gasteiger charge is 2.34. The molecule has 14 heteroatoms. The Bertz CT molecular complexity index is 1130. The number of alkyl halides is 3. The van der Waals surface area contributed by atoms with E-state index in [2.05, 4.69) is 19.9 Å². The first-order chi connectivity index (χ1) is 16.5. The molecule has 10 nitrogen and oxygen atoms in total. The van der Waals surface area contributed by atoms with Gasteiger partial charge in [0.15, 0.2) is 9.84 Å². The van der Waals surface area contributed by atoms with E-state index in [0.29, 0.717) is 39.0 Å². The molecule has 35 heavy (non-hydrogen) atoms. The van der Waals surface area contributed by atoms with Crippen molar-refractivity contribution in [3.05, 3.63) is 30.4 Å². The number of nitrogens with zero attached hydrogens (tertiary/aromatic N) is 4. The fourth-order valence-electron chi connectivity index (χ4n) is 4.36. The number of hydrogen-bond acceptors (Lipinski definition) is 7. The molecule has 3 heterocycles. The summed E-state index contributed by atoms with van der Waals surface area (Å²) in [6, 6.07) is 2.96. The predicted molar refractivity (Wildman–Crippen MR) is 117 cm³/mol. The first-order valence-electron chi connectivity index (χ1n) is 11.1. The van der Waals surface area contributed by atoms with Gasteiger partial charge in [0.05, 0.1) is 6.61 Å². The lowest BCUT2D eigenvalue weighted by molar-refractivity contribution is -0.274. The lowest BCUT2D eigenvalue weighted by Gasteiger charge is -2.34. The number of sulfone groups is 1. The van der Waals surface area contributed by atoms with Crippen LogP contribution in [0.25, 0.3) is 0 Å². The van der Waals surface area contributed by atoms with E-state index in [4.69, 9.17) is 4.74 Å². The third-order valence-corrected chi connectivity index (χ3v) is 7.30. The molecule has 1 N–H and O–H groups in total. The molecule has 2 aliphatic heterocycles. The number of hydrogen-bond donors (Lipinski definition) is 1. The van der Waals surface area contributed by atoms with Crippen LogP contribution >= 0.6 is 0 Å². The third-order valence-electron chi connectivity index (χ3n) is 6.19. The molecule has 1 aromatic carbocycles. The van der Waals surface area contributed by atoms with Crippen molar-refractivity contribution in [3.63, 3.8) is 0 Å². The van der Waals surface area contributed by atoms with E-state index < -0.39 is 21.9 Å². The zero-order chi connectivity index (χ0) is 25.2. The summed E-state index contributed by atoms with van der Waals surface area (Å²) < 4.78 is 71.2. The first-order valence-corrected chi connectivity index (χ1v) is 13.0. The van der Waals surface area contributed by atoms with Gasteiger partial charge in [-0.05, 0) is 37.3 Å². The number of nitrogens with one attached hydrogen (secondary N) is 1. The molecule has 2 fully saturated rings. The van der Waals surface area contributed by atoms with Crippen LogP contribution in [0.3, 0.4) is 0 Å². The van der Waals surface area contributed by atoms with Crippen molar-refractivity contribution in [1.82, 2.24) is 25.0 Å². The lowest BCUT2D eigenvalue weighted by atomic mass is 9.98. The normalized spacial score (nSPS) is 19.7. The lowest BCUT2D eigenvalue weighted by Crippen LogP contribution is -2.46. The SMILES string of the molecule is CS(=O)(=O)c1cc(OC(F)(F)F)ccc1OCC1CCN(C(=O)N2CC[C@H](c3ncn[nH]3)C2)CC1. The molecular weight excluding hydrogens is 491 g/mol. The Morgan fingerprint density at radius 2 is 1.89 bits per heavy atom. The highest BCUT2D eigenvalue weighted by molar-refractivity contribution is 7.90. The van der Waals surface area contributed by atoms with E-state index >= 15 is 0 Å². The number of carbonyl (C=O) groups is 1. The number of H-pyrrole nitrogens is 1. The van der Waals surface area contributed by atoms with Gasteiger partial charge in [0.2, 0.25) is 0 Å². The number of urea groups is 1. The van der Waals surface area contributed by atoms with Crippen molar-refractivity contribution < 1.29 is 35.9 Å². The van der Waals surface area contributed by atoms with Gasteiger partial charge in [0.25, 0.3) is 0 Å². The Labute approximate surface area is 200 Å². The highest BCUT2D eigenvalue weighted by atomic mass is 32.2. The molecule has 0 bridgehead atoms. The number of amides is 2. The number of likely N-dealkylation sites (tertiary alicyclic amines) is 2. The first kappa shape index (κ1) is 25.1. The second-order valence-electron chi connectivity index (χ2n) is 8.75. The van der Waals surface area contributed by atoms with Gasteiger partial charge in [-0.3, -0.25) is 5.10 Å². The fraction of sp³-hybridized carbons (Fsp3) is 0.571. The van der Waals surface area contributed by atoms with Crippen molar-refractivity contribution >= 4 is 15.9 Å². The Hall–Kier alpha value is -3.03. The van der Waals surface area contributed by atoms with Crippen LogP contribution < -0.4 is 9.47 Å². The quantitative estimate of drug-likeness (QED) is 0.626. The second-order valence-corrected chi connectivity index (χ2v) is 10.7. The van der Waals surface area contributed by atoms with Crippen molar-refractivity contribution in [1.29, 1.82) is 0 Å². The molecule has 0 spiro atoms. The number of ether oxygens (including phenoxy) is 2. The van der Waals surface area contributed by atoms with Crippen LogP contribution in [0, 0.1) is 5.92 Å². The Morgan fingerprint density at radius 3 is 2.51 bits per heavy atom. The summed E-state index contributed by atoms with van der Waals surface area (Å²) in [5.41, 5.74) is 0. The smallest absolute Gasteiger partial charge is 0.492 e. The summed E-state index contributed by atoms with van der Waals surface area (Å²) in [4.78, 5) is 20.3. The molecule has 0 saturated carbocycles. The molecule has 1 aromatic heterocycles. The molecule has 2 aromatic rings. The largest absolute Gasteiger partial charge is 0.573 e. The van der Waals surface area contributed by atoms with Crippen LogP contribution in [-0.2, 0) is 9.84 Å². The van der Waals surface area contributed by atoms with Gasteiger partial charge in [-0.1, -0.05) is 0 Å². The van der Waals surface area contributed by atoms with E-state index in [1.54, 1.807) is 4.90 Å². The van der Waals surface area contributed by atoms with Gasteiger partial charge in [-0.2, -0.15) is 5.10 Å². The van der Waals surface area contributed by atoms with Crippen LogP contribution in [0.4, 0.5) is 18.0 Å². The van der Waals surface area contributed by atoms with Crippen LogP contribution in [0.2, 0.25) is 0 Å². The Morgan fingerprint density at radius 1 is 1.17 bits per heavy atom. The summed E-state index contributed by atoms with van der Waals surface area (Å²) >= 11 is 0. The molecule has 1 atom stereocenters. The van der Waals surface area contributed by atoms with E-state index in [1.807, 2.05) is 4.90 Å². The molecular formula is C21H26F3N5O5S. The Kier molecular flexibility index (Phi) is 7.10. The van der Waals surface area contributed by atoms with E-state index in [9.17, 15) is 26.4 Å². The minimum Gasteiger partial charge on any atom is -0.492 e. The Balaban J connectivity index is 1.30. The maximum Gasteiger partial charge on any atom is 0.573 e. The van der Waals surface area contributed by atoms with Crippen LogP contribution in [0.15, 0.2) is 29.4 Å². The van der Waals surface area contributed by atoms with Crippen LogP contribution in [0.5, 0.6) is 11.5 Å². The van der Waals surface area contributed by atoms with Gasteiger partial charge in [-0.25, -0.2) is 18.2 Å². The van der Waals surface area contributed by atoms with Gasteiger partial charge >= 0.3 is 12.4 Å². The summed E-state index contributed by atoms with van der Waals surface area (Å²) in [6.07, 6.45) is -0.448. The van der Waals surface area contributed by atoms with Crippen LogP contribution in [-0.4, -0.2) is 84.8 Å². The minimum atomic E-state index is -4.94. The van der Waals surface area contributed by atoms with Crippen molar-refractivity contribution in [2.75, 3.05) is 39.0 Å². The van der Waals surface area contributed by atoms with Gasteiger partial charge in [0, 0.05) is 44.4 Å². The number of piperidine rings is 1. The van der Waals surface area contributed by atoms with Crippen molar-refractivity contribution in [3.8, 4) is 11.5 Å². The van der Waals surface area contributed by atoms with E-state index in [0.717, 1.165) is 36.7 Å². The predicted octanol–water partition coefficient (Wildman–Crippen LogP) is 2.81. The summed E-state index contributed by atoms with van der Waals surface area (Å²) in [5, 5.41) is 6.72. The van der Waals surface area contributed by atoms with Gasteiger partial charge in [0.1, 0.15) is 28.5 Å². The zero-order valence-electron chi connectivity index (χ0n) is 19.0. The van der Waals surface area contributed by atoms with Gasteiger partial charge in [-0.15, -0.1) is 13.2 Å². The third kappa shape index (κ3) is 6.35. The number of carbonyl (C=O) groups excluding carboxylic acids is 1. The number of benzene rings is 1. The van der Waals surface area contributed by atoms with Crippen LogP contribution in [0.1, 0.15) is 31.0 Å². The molecule has 0 unspecified atom stereocenters. The molecule has 0 aliphatic carbocycles. The second kappa shape index (κ2) is 9.91. The summed E-state index contributed by atoms with van der Waals surface area (Å²) in [7, 11) is -3.86. The maximum absolute atomic E-state index is 12.9. The average Bonchev–Trinajstić information content (AvgIpc) is 3.48. The number of rotatable bonds is 6. The summed E-state index contributed by atoms with van der Waals surface area (Å²) in [6.45, 7) is 2.48. The molecule has 2 saturated heterocycles. The minimum absolute atomic E-state index is 0.0222. The van der Waals surface area contributed by atoms with E-state index in [-0.39, 0.29) is 35.1 Å².